The number of para-hydroxylation sites is 1. The number of hydrogen-bond acceptors (Lipinski definition) is 4. The van der Waals surface area contributed by atoms with Crippen LogP contribution in [-0.4, -0.2) is 14.5 Å². The summed E-state index contributed by atoms with van der Waals surface area (Å²) >= 11 is 1.60. The highest BCUT2D eigenvalue weighted by Crippen LogP contribution is 2.33. The van der Waals surface area contributed by atoms with Crippen molar-refractivity contribution in [2.75, 3.05) is 0 Å². The normalized spacial score (nSPS) is 12.2. The Morgan fingerprint density at radius 1 is 1.00 bits per heavy atom. The third kappa shape index (κ3) is 3.78. The summed E-state index contributed by atoms with van der Waals surface area (Å²) in [5.74, 6) is 0. The highest BCUT2D eigenvalue weighted by Gasteiger charge is 2.16. The van der Waals surface area contributed by atoms with Crippen LogP contribution in [0.5, 0.6) is 0 Å². The maximum Gasteiger partial charge on any atom is 0.262 e. The van der Waals surface area contributed by atoms with Crippen LogP contribution in [-0.2, 0) is 6.54 Å². The molecule has 0 aliphatic rings. The molecule has 2 heterocycles. The van der Waals surface area contributed by atoms with Crippen LogP contribution < -0.4 is 5.56 Å². The monoisotopic (exact) mass is 373 g/mol. The van der Waals surface area contributed by atoms with Crippen molar-refractivity contribution in [1.82, 2.24) is 14.5 Å². The Labute approximate surface area is 161 Å². The first-order valence-electron chi connectivity index (χ1n) is 8.82. The van der Waals surface area contributed by atoms with Gasteiger partial charge in [0.2, 0.25) is 0 Å². The molecule has 5 heteroatoms. The molecular weight excluding hydrogens is 354 g/mol. The number of aromatic nitrogens is 3. The highest BCUT2D eigenvalue weighted by atomic mass is 32.2. The van der Waals surface area contributed by atoms with E-state index in [1.807, 2.05) is 54.6 Å². The minimum Gasteiger partial charge on any atom is -0.283 e. The van der Waals surface area contributed by atoms with Crippen molar-refractivity contribution >= 4 is 22.7 Å². The fourth-order valence-corrected chi connectivity index (χ4v) is 4.04. The van der Waals surface area contributed by atoms with Gasteiger partial charge in [0.15, 0.2) is 5.16 Å². The van der Waals surface area contributed by atoms with Crippen LogP contribution in [0.15, 0.2) is 89.1 Å². The van der Waals surface area contributed by atoms with E-state index >= 15 is 0 Å². The van der Waals surface area contributed by atoms with E-state index in [-0.39, 0.29) is 10.8 Å². The fraction of sp³-hybridized carbons (Fsp3) is 0.136. The van der Waals surface area contributed by atoms with E-state index in [0.29, 0.717) is 11.9 Å². The van der Waals surface area contributed by atoms with Crippen LogP contribution in [0.3, 0.4) is 0 Å². The number of fused-ring (bicyclic) bond motifs is 1. The lowest BCUT2D eigenvalue weighted by atomic mass is 10.2. The Bertz CT molecular complexity index is 1110. The SMILES string of the molecule is CC(Sc1nc2ccccc2c(=O)n1Cc1cccnc1)c1ccccc1. The van der Waals surface area contributed by atoms with Gasteiger partial charge in [0.25, 0.3) is 5.56 Å². The Kier molecular flexibility index (Phi) is 5.03. The molecule has 4 nitrogen and oxygen atoms in total. The fourth-order valence-electron chi connectivity index (χ4n) is 3.00. The van der Waals surface area contributed by atoms with E-state index in [4.69, 9.17) is 4.98 Å². The Hall–Kier alpha value is -2.92. The second-order valence-electron chi connectivity index (χ2n) is 6.33. The van der Waals surface area contributed by atoms with Gasteiger partial charge in [-0.25, -0.2) is 4.98 Å². The van der Waals surface area contributed by atoms with Crippen molar-refractivity contribution in [3.63, 3.8) is 0 Å². The minimum absolute atomic E-state index is 0.0211. The van der Waals surface area contributed by atoms with Gasteiger partial charge in [-0.15, -0.1) is 0 Å². The first kappa shape index (κ1) is 17.5. The van der Waals surface area contributed by atoms with Gasteiger partial charge in [0, 0.05) is 17.6 Å². The molecule has 0 saturated carbocycles. The molecule has 4 aromatic rings. The molecule has 1 atom stereocenters. The zero-order valence-electron chi connectivity index (χ0n) is 14.9. The number of rotatable bonds is 5. The smallest absolute Gasteiger partial charge is 0.262 e. The van der Waals surface area contributed by atoms with E-state index in [2.05, 4.69) is 24.0 Å². The zero-order valence-corrected chi connectivity index (χ0v) is 15.8. The van der Waals surface area contributed by atoms with Crippen molar-refractivity contribution < 1.29 is 0 Å². The molecule has 0 spiro atoms. The van der Waals surface area contributed by atoms with Crippen LogP contribution in [0.25, 0.3) is 10.9 Å². The Morgan fingerprint density at radius 2 is 1.78 bits per heavy atom. The third-order valence-electron chi connectivity index (χ3n) is 4.44. The molecule has 27 heavy (non-hydrogen) atoms. The minimum atomic E-state index is -0.0211. The molecule has 0 aliphatic heterocycles. The van der Waals surface area contributed by atoms with Crippen molar-refractivity contribution in [2.24, 2.45) is 0 Å². The predicted molar refractivity (Wildman–Crippen MR) is 110 cm³/mol. The van der Waals surface area contributed by atoms with Crippen molar-refractivity contribution in [1.29, 1.82) is 0 Å². The van der Waals surface area contributed by atoms with Gasteiger partial charge in [0.05, 0.1) is 17.4 Å². The topological polar surface area (TPSA) is 47.8 Å². The lowest BCUT2D eigenvalue weighted by Gasteiger charge is -2.16. The van der Waals surface area contributed by atoms with Crippen LogP contribution in [0.2, 0.25) is 0 Å². The summed E-state index contributed by atoms with van der Waals surface area (Å²) in [6, 6.07) is 21.6. The average Bonchev–Trinajstić information content (AvgIpc) is 2.72. The molecule has 0 amide bonds. The molecule has 2 aromatic heterocycles. The van der Waals surface area contributed by atoms with Crippen LogP contribution in [0.4, 0.5) is 0 Å². The lowest BCUT2D eigenvalue weighted by molar-refractivity contribution is 0.655. The summed E-state index contributed by atoms with van der Waals surface area (Å²) in [6.45, 7) is 2.59. The van der Waals surface area contributed by atoms with Crippen molar-refractivity contribution in [2.45, 2.75) is 23.9 Å². The molecule has 0 radical (unpaired) electrons. The number of nitrogens with zero attached hydrogens (tertiary/aromatic N) is 3. The number of pyridine rings is 1. The number of hydrogen-bond donors (Lipinski definition) is 0. The van der Waals surface area contributed by atoms with E-state index < -0.39 is 0 Å². The van der Waals surface area contributed by atoms with Gasteiger partial charge in [-0.2, -0.15) is 0 Å². The van der Waals surface area contributed by atoms with E-state index in [0.717, 1.165) is 16.2 Å². The molecule has 2 aromatic carbocycles. The molecule has 0 bridgehead atoms. The molecular formula is C22H19N3OS. The second-order valence-corrected chi connectivity index (χ2v) is 7.64. The van der Waals surface area contributed by atoms with Gasteiger partial charge in [-0.3, -0.25) is 14.3 Å². The lowest BCUT2D eigenvalue weighted by Crippen LogP contribution is -2.24. The number of benzene rings is 2. The molecule has 0 aliphatic carbocycles. The summed E-state index contributed by atoms with van der Waals surface area (Å²) < 4.78 is 1.75. The van der Waals surface area contributed by atoms with E-state index in [1.165, 1.54) is 5.56 Å². The molecule has 0 saturated heterocycles. The average molecular weight is 373 g/mol. The molecule has 4 rings (SSSR count). The summed E-state index contributed by atoms with van der Waals surface area (Å²) in [7, 11) is 0. The van der Waals surface area contributed by atoms with E-state index in [1.54, 1.807) is 28.7 Å². The predicted octanol–water partition coefficient (Wildman–Crippen LogP) is 4.69. The summed E-state index contributed by atoms with van der Waals surface area (Å²) in [5.41, 5.74) is 2.89. The van der Waals surface area contributed by atoms with Gasteiger partial charge < -0.3 is 0 Å². The molecule has 134 valence electrons. The van der Waals surface area contributed by atoms with Crippen molar-refractivity contribution in [3.05, 3.63) is 101 Å². The molecule has 1 unspecified atom stereocenters. The highest BCUT2D eigenvalue weighted by molar-refractivity contribution is 7.99. The maximum atomic E-state index is 13.2. The summed E-state index contributed by atoms with van der Waals surface area (Å²) in [6.07, 6.45) is 3.52. The van der Waals surface area contributed by atoms with Gasteiger partial charge in [0.1, 0.15) is 0 Å². The number of thioether (sulfide) groups is 1. The first-order valence-corrected chi connectivity index (χ1v) is 9.70. The zero-order chi connectivity index (χ0) is 18.6. The maximum absolute atomic E-state index is 13.2. The van der Waals surface area contributed by atoms with Gasteiger partial charge >= 0.3 is 0 Å². The van der Waals surface area contributed by atoms with Gasteiger partial charge in [-0.05, 0) is 36.2 Å². The summed E-state index contributed by atoms with van der Waals surface area (Å²) in [4.78, 5) is 22.1. The third-order valence-corrected chi connectivity index (χ3v) is 5.59. The van der Waals surface area contributed by atoms with E-state index in [9.17, 15) is 4.79 Å². The molecule has 0 N–H and O–H groups in total. The Morgan fingerprint density at radius 3 is 2.56 bits per heavy atom. The quantitative estimate of drug-likeness (QED) is 0.376. The largest absolute Gasteiger partial charge is 0.283 e. The standard InChI is InChI=1S/C22H19N3OS/c1-16(18-9-3-2-4-10-18)27-22-24-20-12-6-5-11-19(20)21(26)25(22)15-17-8-7-13-23-14-17/h2-14,16H,15H2,1H3. The van der Waals surface area contributed by atoms with Crippen molar-refractivity contribution in [3.8, 4) is 0 Å². The van der Waals surface area contributed by atoms with Gasteiger partial charge in [-0.1, -0.05) is 60.3 Å². The van der Waals surface area contributed by atoms with Crippen LogP contribution in [0, 0.1) is 0 Å². The summed E-state index contributed by atoms with van der Waals surface area (Å²) in [5, 5.41) is 1.54. The molecule has 0 fully saturated rings. The first-order chi connectivity index (χ1) is 13.2. The second kappa shape index (κ2) is 7.76. The van der Waals surface area contributed by atoms with Crippen LogP contribution in [0.1, 0.15) is 23.3 Å². The van der Waals surface area contributed by atoms with Crippen LogP contribution >= 0.6 is 11.8 Å². The Balaban J connectivity index is 1.80.